The Hall–Kier alpha value is -1.63. The van der Waals surface area contributed by atoms with Crippen molar-refractivity contribution in [3.05, 3.63) is 39.9 Å². The summed E-state index contributed by atoms with van der Waals surface area (Å²) in [7, 11) is 0. The molecule has 1 atom stereocenters. The standard InChI is InChI=1S/C11H13BrN2O4/c1-8-4-3-5-9(6-8)13(10(15)16)7-11(2,12)14(17)18/h3-6H,7H2,1-2H3,(H,15,16). The Labute approximate surface area is 112 Å². The van der Waals surface area contributed by atoms with Crippen molar-refractivity contribution in [2.45, 2.75) is 18.3 Å². The second-order valence-corrected chi connectivity index (χ2v) is 5.82. The largest absolute Gasteiger partial charge is 0.465 e. The molecule has 0 saturated carbocycles. The smallest absolute Gasteiger partial charge is 0.412 e. The number of alkyl halides is 1. The van der Waals surface area contributed by atoms with Crippen molar-refractivity contribution in [2.24, 2.45) is 0 Å². The molecular formula is C11H13BrN2O4. The van der Waals surface area contributed by atoms with Crippen LogP contribution in [0.3, 0.4) is 0 Å². The van der Waals surface area contributed by atoms with E-state index in [0.29, 0.717) is 5.69 Å². The van der Waals surface area contributed by atoms with E-state index in [1.807, 2.05) is 13.0 Å². The number of benzene rings is 1. The van der Waals surface area contributed by atoms with Crippen LogP contribution in [0.5, 0.6) is 0 Å². The van der Waals surface area contributed by atoms with Crippen LogP contribution < -0.4 is 4.90 Å². The number of hydrogen-bond acceptors (Lipinski definition) is 3. The number of amides is 1. The summed E-state index contributed by atoms with van der Waals surface area (Å²) in [5.41, 5.74) is 1.30. The van der Waals surface area contributed by atoms with Gasteiger partial charge in [0.25, 0.3) is 4.45 Å². The van der Waals surface area contributed by atoms with Crippen LogP contribution in [-0.4, -0.2) is 27.1 Å². The molecule has 6 nitrogen and oxygen atoms in total. The van der Waals surface area contributed by atoms with Crippen LogP contribution in [0.2, 0.25) is 0 Å². The van der Waals surface area contributed by atoms with Gasteiger partial charge in [0.1, 0.15) is 6.54 Å². The Balaban J connectivity index is 3.05. The van der Waals surface area contributed by atoms with E-state index in [-0.39, 0.29) is 6.54 Å². The first kappa shape index (κ1) is 14.4. The number of anilines is 1. The molecule has 1 amide bonds. The lowest BCUT2D eigenvalue weighted by Crippen LogP contribution is -2.44. The zero-order valence-electron chi connectivity index (χ0n) is 9.96. The quantitative estimate of drug-likeness (QED) is 0.400. The van der Waals surface area contributed by atoms with Crippen LogP contribution in [0.15, 0.2) is 24.3 Å². The third-order valence-electron chi connectivity index (χ3n) is 2.37. The summed E-state index contributed by atoms with van der Waals surface area (Å²) >= 11 is 2.93. The molecule has 1 aromatic rings. The zero-order chi connectivity index (χ0) is 13.9. The fourth-order valence-electron chi connectivity index (χ4n) is 1.41. The Morgan fingerprint density at radius 1 is 1.61 bits per heavy atom. The van der Waals surface area contributed by atoms with E-state index in [0.717, 1.165) is 10.5 Å². The van der Waals surface area contributed by atoms with E-state index in [2.05, 4.69) is 15.9 Å². The molecule has 18 heavy (non-hydrogen) atoms. The van der Waals surface area contributed by atoms with E-state index < -0.39 is 15.5 Å². The molecule has 1 unspecified atom stereocenters. The summed E-state index contributed by atoms with van der Waals surface area (Å²) in [6.07, 6.45) is -1.23. The number of carbonyl (C=O) groups is 1. The van der Waals surface area contributed by atoms with E-state index in [1.165, 1.54) is 6.92 Å². The van der Waals surface area contributed by atoms with Gasteiger partial charge < -0.3 is 5.11 Å². The van der Waals surface area contributed by atoms with Crippen molar-refractivity contribution >= 4 is 27.7 Å². The first-order valence-electron chi connectivity index (χ1n) is 5.14. The van der Waals surface area contributed by atoms with Crippen molar-refractivity contribution in [3.63, 3.8) is 0 Å². The highest BCUT2D eigenvalue weighted by molar-refractivity contribution is 9.10. The highest BCUT2D eigenvalue weighted by Gasteiger charge is 2.38. The first-order chi connectivity index (χ1) is 8.24. The molecule has 1 N–H and O–H groups in total. The Morgan fingerprint density at radius 3 is 2.67 bits per heavy atom. The maximum Gasteiger partial charge on any atom is 0.412 e. The second-order valence-electron chi connectivity index (χ2n) is 4.11. The minimum Gasteiger partial charge on any atom is -0.465 e. The number of hydrogen-bond donors (Lipinski definition) is 1. The molecule has 0 aromatic heterocycles. The van der Waals surface area contributed by atoms with Crippen molar-refractivity contribution in [1.82, 2.24) is 0 Å². The number of nitro groups is 1. The molecule has 0 heterocycles. The summed E-state index contributed by atoms with van der Waals surface area (Å²) in [4.78, 5) is 22.4. The molecule has 0 fully saturated rings. The number of carboxylic acid groups (broad SMARTS) is 1. The lowest BCUT2D eigenvalue weighted by atomic mass is 10.2. The van der Waals surface area contributed by atoms with E-state index in [4.69, 9.17) is 5.11 Å². The van der Waals surface area contributed by atoms with Gasteiger partial charge in [0.15, 0.2) is 0 Å². The second kappa shape index (κ2) is 5.34. The molecule has 7 heteroatoms. The summed E-state index contributed by atoms with van der Waals surface area (Å²) in [5, 5.41) is 20.0. The first-order valence-corrected chi connectivity index (χ1v) is 5.94. The van der Waals surface area contributed by atoms with E-state index in [9.17, 15) is 14.9 Å². The minimum absolute atomic E-state index is 0.279. The summed E-state index contributed by atoms with van der Waals surface area (Å²) in [6, 6.07) is 6.80. The fourth-order valence-corrected chi connectivity index (χ4v) is 1.66. The van der Waals surface area contributed by atoms with Crippen LogP contribution in [0.25, 0.3) is 0 Å². The zero-order valence-corrected chi connectivity index (χ0v) is 11.5. The average molecular weight is 317 g/mol. The number of halogens is 1. The van der Waals surface area contributed by atoms with Crippen LogP contribution in [-0.2, 0) is 0 Å². The van der Waals surface area contributed by atoms with Crippen LogP contribution >= 0.6 is 15.9 Å². The number of nitrogens with zero attached hydrogens (tertiary/aromatic N) is 2. The minimum atomic E-state index is -1.52. The normalized spacial score (nSPS) is 13.7. The van der Waals surface area contributed by atoms with Crippen molar-refractivity contribution in [2.75, 3.05) is 11.4 Å². The molecule has 0 saturated heterocycles. The molecule has 0 radical (unpaired) electrons. The van der Waals surface area contributed by atoms with E-state index >= 15 is 0 Å². The summed E-state index contributed by atoms with van der Waals surface area (Å²) in [5.74, 6) is 0. The van der Waals surface area contributed by atoms with Gasteiger partial charge in [-0.05, 0) is 24.6 Å². The third kappa shape index (κ3) is 3.43. The van der Waals surface area contributed by atoms with Gasteiger partial charge in [-0.2, -0.15) is 0 Å². The molecule has 0 aliphatic heterocycles. The van der Waals surface area contributed by atoms with Gasteiger partial charge in [-0.1, -0.05) is 12.1 Å². The topological polar surface area (TPSA) is 83.7 Å². The number of rotatable bonds is 4. The van der Waals surface area contributed by atoms with Crippen molar-refractivity contribution < 1.29 is 14.8 Å². The van der Waals surface area contributed by atoms with Gasteiger partial charge >= 0.3 is 6.09 Å². The molecular weight excluding hydrogens is 304 g/mol. The highest BCUT2D eigenvalue weighted by Crippen LogP contribution is 2.24. The van der Waals surface area contributed by atoms with Crippen LogP contribution in [0.1, 0.15) is 12.5 Å². The molecule has 98 valence electrons. The van der Waals surface area contributed by atoms with Crippen LogP contribution in [0, 0.1) is 17.0 Å². The lowest BCUT2D eigenvalue weighted by Gasteiger charge is -2.24. The fraction of sp³-hybridized carbons (Fsp3) is 0.364. The summed E-state index contributed by atoms with van der Waals surface area (Å²) in [6.45, 7) is 2.86. The molecule has 0 spiro atoms. The monoisotopic (exact) mass is 316 g/mol. The molecule has 0 aliphatic rings. The molecule has 1 aromatic carbocycles. The molecule has 0 bridgehead atoms. The Bertz CT molecular complexity index is 476. The lowest BCUT2D eigenvalue weighted by molar-refractivity contribution is -0.527. The van der Waals surface area contributed by atoms with E-state index in [1.54, 1.807) is 18.2 Å². The SMILES string of the molecule is Cc1cccc(N(CC(C)(Br)[N+](=O)[O-])C(=O)O)c1. The molecule has 0 aliphatic carbocycles. The predicted octanol–water partition coefficient (Wildman–Crippen LogP) is 2.87. The Morgan fingerprint density at radius 2 is 2.22 bits per heavy atom. The van der Waals surface area contributed by atoms with Crippen LogP contribution in [0.4, 0.5) is 10.5 Å². The maximum absolute atomic E-state index is 11.2. The number of aryl methyl sites for hydroxylation is 1. The summed E-state index contributed by atoms with van der Waals surface area (Å²) < 4.78 is -1.52. The van der Waals surface area contributed by atoms with Crippen molar-refractivity contribution in [3.8, 4) is 0 Å². The van der Waals surface area contributed by atoms with Crippen molar-refractivity contribution in [1.29, 1.82) is 0 Å². The molecule has 1 rings (SSSR count). The Kier molecular flexibility index (Phi) is 4.28. The van der Waals surface area contributed by atoms with Gasteiger partial charge in [0.2, 0.25) is 0 Å². The predicted molar refractivity (Wildman–Crippen MR) is 70.9 cm³/mol. The van der Waals surface area contributed by atoms with Gasteiger partial charge in [0.05, 0.1) is 0 Å². The average Bonchev–Trinajstić information content (AvgIpc) is 2.25. The maximum atomic E-state index is 11.2. The highest BCUT2D eigenvalue weighted by atomic mass is 79.9. The van der Waals surface area contributed by atoms with Gasteiger partial charge in [0, 0.05) is 33.5 Å². The third-order valence-corrected chi connectivity index (χ3v) is 2.91. The van der Waals surface area contributed by atoms with Gasteiger partial charge in [-0.15, -0.1) is 0 Å². The van der Waals surface area contributed by atoms with Gasteiger partial charge in [-0.3, -0.25) is 15.0 Å². The van der Waals surface area contributed by atoms with Gasteiger partial charge in [-0.25, -0.2) is 4.79 Å².